The SMILES string of the molecule is O=C(Nc1cccc(Cl)c1F)c1cc([N+](=O)[O-])ccc1I. The maximum Gasteiger partial charge on any atom is 0.270 e. The number of nitro groups is 1. The van der Waals surface area contributed by atoms with Crippen molar-refractivity contribution in [1.82, 2.24) is 0 Å². The van der Waals surface area contributed by atoms with E-state index in [2.05, 4.69) is 5.32 Å². The van der Waals surface area contributed by atoms with Crippen LogP contribution in [0.15, 0.2) is 36.4 Å². The molecule has 0 saturated heterocycles. The zero-order valence-electron chi connectivity index (χ0n) is 10.3. The highest BCUT2D eigenvalue weighted by Crippen LogP contribution is 2.24. The first-order chi connectivity index (χ1) is 9.90. The van der Waals surface area contributed by atoms with Gasteiger partial charge in [0.25, 0.3) is 11.6 Å². The fraction of sp³-hybridized carbons (Fsp3) is 0. The van der Waals surface area contributed by atoms with Gasteiger partial charge in [-0.15, -0.1) is 0 Å². The van der Waals surface area contributed by atoms with Crippen molar-refractivity contribution in [3.63, 3.8) is 0 Å². The normalized spacial score (nSPS) is 10.2. The third-order valence-corrected chi connectivity index (χ3v) is 3.84. The second kappa shape index (κ2) is 6.35. The lowest BCUT2D eigenvalue weighted by molar-refractivity contribution is -0.384. The summed E-state index contributed by atoms with van der Waals surface area (Å²) >= 11 is 7.49. The van der Waals surface area contributed by atoms with Crippen molar-refractivity contribution in [2.75, 3.05) is 5.32 Å². The summed E-state index contributed by atoms with van der Waals surface area (Å²) in [4.78, 5) is 22.3. The molecule has 5 nitrogen and oxygen atoms in total. The Kier molecular flexibility index (Phi) is 4.73. The van der Waals surface area contributed by atoms with E-state index in [1.165, 1.54) is 30.3 Å². The van der Waals surface area contributed by atoms with Crippen molar-refractivity contribution in [2.45, 2.75) is 0 Å². The Morgan fingerprint density at radius 1 is 1.33 bits per heavy atom. The Labute approximate surface area is 137 Å². The zero-order chi connectivity index (χ0) is 15.6. The van der Waals surface area contributed by atoms with E-state index < -0.39 is 16.6 Å². The molecule has 0 spiro atoms. The number of nitrogens with zero attached hydrogens (tertiary/aromatic N) is 1. The Balaban J connectivity index is 2.34. The molecule has 1 amide bonds. The average Bonchev–Trinajstić information content (AvgIpc) is 2.44. The molecule has 0 aliphatic heterocycles. The summed E-state index contributed by atoms with van der Waals surface area (Å²) in [5, 5.41) is 13.0. The van der Waals surface area contributed by atoms with Crippen LogP contribution in [0.2, 0.25) is 5.02 Å². The number of anilines is 1. The van der Waals surface area contributed by atoms with Crippen LogP contribution in [0, 0.1) is 19.5 Å². The maximum absolute atomic E-state index is 13.7. The number of hydrogen-bond donors (Lipinski definition) is 1. The molecule has 21 heavy (non-hydrogen) atoms. The smallest absolute Gasteiger partial charge is 0.270 e. The molecule has 0 bridgehead atoms. The van der Waals surface area contributed by atoms with Crippen LogP contribution in [0.25, 0.3) is 0 Å². The molecule has 0 aliphatic rings. The Hall–Kier alpha value is -1.74. The molecule has 108 valence electrons. The van der Waals surface area contributed by atoms with E-state index in [1.54, 1.807) is 0 Å². The molecule has 8 heteroatoms. The monoisotopic (exact) mass is 420 g/mol. The van der Waals surface area contributed by atoms with Crippen LogP contribution < -0.4 is 5.32 Å². The molecule has 2 aromatic carbocycles. The number of halogens is 3. The van der Waals surface area contributed by atoms with Gasteiger partial charge in [0.15, 0.2) is 5.82 Å². The predicted molar refractivity (Wildman–Crippen MR) is 85.2 cm³/mol. The van der Waals surface area contributed by atoms with Gasteiger partial charge in [0.1, 0.15) is 0 Å². The lowest BCUT2D eigenvalue weighted by Crippen LogP contribution is -2.14. The van der Waals surface area contributed by atoms with Crippen LogP contribution in [0.4, 0.5) is 15.8 Å². The second-order valence-electron chi connectivity index (χ2n) is 3.98. The number of carbonyl (C=O) groups excluding carboxylic acids is 1. The van der Waals surface area contributed by atoms with Gasteiger partial charge < -0.3 is 5.32 Å². The summed E-state index contributed by atoms with van der Waals surface area (Å²) in [5.74, 6) is -1.41. The summed E-state index contributed by atoms with van der Waals surface area (Å²) in [6.07, 6.45) is 0. The summed E-state index contributed by atoms with van der Waals surface area (Å²) in [6.45, 7) is 0. The highest BCUT2D eigenvalue weighted by Gasteiger charge is 2.17. The lowest BCUT2D eigenvalue weighted by Gasteiger charge is -2.08. The summed E-state index contributed by atoms with van der Waals surface area (Å²) < 4.78 is 14.2. The summed E-state index contributed by atoms with van der Waals surface area (Å²) in [5.41, 5.74) is -0.217. The number of carbonyl (C=O) groups is 1. The third-order valence-electron chi connectivity index (χ3n) is 2.61. The molecule has 0 unspecified atom stereocenters. The molecule has 2 rings (SSSR count). The quantitative estimate of drug-likeness (QED) is 0.458. The molecule has 0 aliphatic carbocycles. The van der Waals surface area contributed by atoms with Gasteiger partial charge in [0, 0.05) is 15.7 Å². The first-order valence-corrected chi connectivity index (χ1v) is 7.05. The number of non-ortho nitro benzene ring substituents is 1. The van der Waals surface area contributed by atoms with Gasteiger partial charge in [-0.2, -0.15) is 0 Å². The fourth-order valence-corrected chi connectivity index (χ4v) is 2.35. The first-order valence-electron chi connectivity index (χ1n) is 5.59. The van der Waals surface area contributed by atoms with E-state index in [4.69, 9.17) is 11.6 Å². The number of benzene rings is 2. The van der Waals surface area contributed by atoms with Crippen LogP contribution >= 0.6 is 34.2 Å². The van der Waals surface area contributed by atoms with Crippen LogP contribution in [0.5, 0.6) is 0 Å². The summed E-state index contributed by atoms with van der Waals surface area (Å²) in [7, 11) is 0. The molecule has 0 heterocycles. The predicted octanol–water partition coefficient (Wildman–Crippen LogP) is 4.24. The van der Waals surface area contributed by atoms with Crippen molar-refractivity contribution >= 4 is 51.5 Å². The minimum Gasteiger partial charge on any atom is -0.319 e. The van der Waals surface area contributed by atoms with Gasteiger partial charge in [-0.1, -0.05) is 17.7 Å². The number of hydrogen-bond acceptors (Lipinski definition) is 3. The van der Waals surface area contributed by atoms with E-state index in [9.17, 15) is 19.3 Å². The minimum absolute atomic E-state index is 0.0872. The van der Waals surface area contributed by atoms with Gasteiger partial charge in [-0.05, 0) is 40.8 Å². The number of amides is 1. The molecule has 2 aromatic rings. The number of rotatable bonds is 3. The summed E-state index contributed by atoms with van der Waals surface area (Å²) in [6, 6.07) is 8.06. The zero-order valence-corrected chi connectivity index (χ0v) is 13.2. The van der Waals surface area contributed by atoms with Crippen LogP contribution in [-0.2, 0) is 0 Å². The van der Waals surface area contributed by atoms with Crippen LogP contribution in [-0.4, -0.2) is 10.8 Å². The van der Waals surface area contributed by atoms with E-state index in [-0.39, 0.29) is 22.0 Å². The largest absolute Gasteiger partial charge is 0.319 e. The van der Waals surface area contributed by atoms with E-state index >= 15 is 0 Å². The van der Waals surface area contributed by atoms with Gasteiger partial charge in [0.05, 0.1) is 21.2 Å². The molecular weight excluding hydrogens is 414 g/mol. The van der Waals surface area contributed by atoms with Gasteiger partial charge >= 0.3 is 0 Å². The standard InChI is InChI=1S/C13H7ClFIN2O3/c14-9-2-1-3-11(12(9)15)17-13(19)8-6-7(18(20)21)4-5-10(8)16/h1-6H,(H,17,19). The van der Waals surface area contributed by atoms with Gasteiger partial charge in [0.2, 0.25) is 0 Å². The molecule has 0 fully saturated rings. The van der Waals surface area contributed by atoms with E-state index in [0.29, 0.717) is 3.57 Å². The number of nitro benzene ring substituents is 1. The Morgan fingerprint density at radius 2 is 2.05 bits per heavy atom. The Bertz CT molecular complexity index is 739. The van der Waals surface area contributed by atoms with Gasteiger partial charge in [-0.3, -0.25) is 14.9 Å². The topological polar surface area (TPSA) is 72.2 Å². The van der Waals surface area contributed by atoms with Crippen LogP contribution in [0.1, 0.15) is 10.4 Å². The minimum atomic E-state index is -0.757. The second-order valence-corrected chi connectivity index (χ2v) is 5.55. The average molecular weight is 421 g/mol. The number of nitrogens with one attached hydrogen (secondary N) is 1. The van der Waals surface area contributed by atoms with Crippen molar-refractivity contribution in [1.29, 1.82) is 0 Å². The highest BCUT2D eigenvalue weighted by atomic mass is 127. The molecule has 0 saturated carbocycles. The van der Waals surface area contributed by atoms with Crippen molar-refractivity contribution in [3.05, 3.63) is 66.5 Å². The maximum atomic E-state index is 13.7. The van der Waals surface area contributed by atoms with Gasteiger partial charge in [-0.25, -0.2) is 4.39 Å². The molecule has 0 radical (unpaired) electrons. The molecule has 0 atom stereocenters. The first kappa shape index (κ1) is 15.6. The van der Waals surface area contributed by atoms with Crippen molar-refractivity contribution in [3.8, 4) is 0 Å². The van der Waals surface area contributed by atoms with E-state index in [0.717, 1.165) is 6.07 Å². The fourth-order valence-electron chi connectivity index (χ4n) is 1.59. The van der Waals surface area contributed by atoms with Crippen molar-refractivity contribution in [2.24, 2.45) is 0 Å². The van der Waals surface area contributed by atoms with E-state index in [1.807, 2.05) is 22.6 Å². The molecule has 0 aromatic heterocycles. The third kappa shape index (κ3) is 3.48. The molecular formula is C13H7ClFIN2O3. The lowest BCUT2D eigenvalue weighted by atomic mass is 10.2. The Morgan fingerprint density at radius 3 is 2.71 bits per heavy atom. The van der Waals surface area contributed by atoms with Crippen molar-refractivity contribution < 1.29 is 14.1 Å². The molecule has 1 N–H and O–H groups in total. The highest BCUT2D eigenvalue weighted by molar-refractivity contribution is 14.1. The van der Waals surface area contributed by atoms with Crippen LogP contribution in [0.3, 0.4) is 0 Å².